The van der Waals surface area contributed by atoms with Crippen LogP contribution in [0, 0.1) is 5.92 Å². The maximum absolute atomic E-state index is 11.9. The fourth-order valence-electron chi connectivity index (χ4n) is 1.60. The molecule has 2 aromatic rings. The Morgan fingerprint density at radius 2 is 2.20 bits per heavy atom. The lowest BCUT2D eigenvalue weighted by Crippen LogP contribution is -2.28. The van der Waals surface area contributed by atoms with E-state index in [4.69, 9.17) is 5.73 Å². The molecule has 2 heterocycles. The lowest BCUT2D eigenvalue weighted by molar-refractivity contribution is 0.0949. The molecular weight excluding hydrogens is 254 g/mol. The first-order chi connectivity index (χ1) is 9.58. The normalized spacial score (nSPS) is 10.6. The first-order valence-electron chi connectivity index (χ1n) is 6.39. The number of nitrogens with one attached hydrogen (secondary N) is 1. The molecule has 0 aliphatic carbocycles. The van der Waals surface area contributed by atoms with Crippen LogP contribution in [0.4, 0.5) is 5.82 Å². The Labute approximate surface area is 117 Å². The van der Waals surface area contributed by atoms with E-state index in [1.165, 1.54) is 6.20 Å². The lowest BCUT2D eigenvalue weighted by Gasteiger charge is -2.09. The summed E-state index contributed by atoms with van der Waals surface area (Å²) >= 11 is 0. The number of pyridine rings is 1. The number of amides is 1. The number of rotatable bonds is 4. The van der Waals surface area contributed by atoms with Crippen LogP contribution in [0.3, 0.4) is 0 Å². The van der Waals surface area contributed by atoms with Gasteiger partial charge in [-0.05, 0) is 18.1 Å². The molecule has 0 spiro atoms. The van der Waals surface area contributed by atoms with Crippen molar-refractivity contribution in [3.63, 3.8) is 0 Å². The molecule has 104 valence electrons. The number of carbonyl (C=O) groups is 1. The first-order valence-corrected chi connectivity index (χ1v) is 6.39. The number of nitrogens with two attached hydrogens (primary N) is 1. The molecule has 3 N–H and O–H groups in total. The second-order valence-electron chi connectivity index (χ2n) is 4.84. The molecule has 6 nitrogen and oxygen atoms in total. The molecule has 0 atom stereocenters. The highest BCUT2D eigenvalue weighted by Crippen LogP contribution is 2.16. The van der Waals surface area contributed by atoms with Gasteiger partial charge in [0.2, 0.25) is 0 Å². The largest absolute Gasteiger partial charge is 0.383 e. The minimum atomic E-state index is -0.256. The van der Waals surface area contributed by atoms with Gasteiger partial charge in [-0.25, -0.2) is 9.97 Å². The van der Waals surface area contributed by atoms with Gasteiger partial charge in [-0.15, -0.1) is 0 Å². The Morgan fingerprint density at radius 1 is 1.40 bits per heavy atom. The van der Waals surface area contributed by atoms with E-state index in [9.17, 15) is 4.79 Å². The molecule has 20 heavy (non-hydrogen) atoms. The highest BCUT2D eigenvalue weighted by molar-refractivity contribution is 5.98. The summed E-state index contributed by atoms with van der Waals surface area (Å²) in [5.41, 5.74) is 6.88. The summed E-state index contributed by atoms with van der Waals surface area (Å²) in [6.07, 6.45) is 4.76. The first kappa shape index (κ1) is 13.9. The van der Waals surface area contributed by atoms with Crippen molar-refractivity contribution < 1.29 is 4.79 Å². The minimum absolute atomic E-state index is 0.167. The number of nitrogen functional groups attached to an aromatic ring is 1. The van der Waals surface area contributed by atoms with Crippen LogP contribution in [0.15, 0.2) is 30.7 Å². The van der Waals surface area contributed by atoms with Crippen molar-refractivity contribution in [3.8, 4) is 11.4 Å². The maximum atomic E-state index is 11.9. The average molecular weight is 271 g/mol. The molecule has 0 radical (unpaired) electrons. The zero-order valence-corrected chi connectivity index (χ0v) is 11.5. The lowest BCUT2D eigenvalue weighted by atomic mass is 10.2. The summed E-state index contributed by atoms with van der Waals surface area (Å²) in [6, 6.07) is 3.62. The van der Waals surface area contributed by atoms with Gasteiger partial charge < -0.3 is 11.1 Å². The smallest absolute Gasteiger partial charge is 0.256 e. The standard InChI is InChI=1S/C14H17N5O/c1-9(2)6-18-14(20)11-8-17-13(19-12(11)15)10-4-3-5-16-7-10/h3-5,7-9H,6H2,1-2H3,(H,18,20)(H2,15,17,19). The number of hydrogen-bond donors (Lipinski definition) is 2. The van der Waals surface area contributed by atoms with Gasteiger partial charge in [-0.3, -0.25) is 9.78 Å². The van der Waals surface area contributed by atoms with E-state index in [2.05, 4.69) is 20.3 Å². The third-order valence-corrected chi connectivity index (χ3v) is 2.65. The minimum Gasteiger partial charge on any atom is -0.383 e. The van der Waals surface area contributed by atoms with Crippen molar-refractivity contribution in [2.24, 2.45) is 5.92 Å². The Hall–Kier alpha value is -2.50. The Morgan fingerprint density at radius 3 is 2.80 bits per heavy atom. The quantitative estimate of drug-likeness (QED) is 0.879. The summed E-state index contributed by atoms with van der Waals surface area (Å²) < 4.78 is 0. The van der Waals surface area contributed by atoms with Crippen molar-refractivity contribution in [1.82, 2.24) is 20.3 Å². The highest BCUT2D eigenvalue weighted by atomic mass is 16.1. The van der Waals surface area contributed by atoms with Crippen LogP contribution in [0.25, 0.3) is 11.4 Å². The fourth-order valence-corrected chi connectivity index (χ4v) is 1.60. The van der Waals surface area contributed by atoms with Gasteiger partial charge in [0.05, 0.1) is 5.56 Å². The molecule has 0 saturated carbocycles. The fraction of sp³-hybridized carbons (Fsp3) is 0.286. The summed E-state index contributed by atoms with van der Waals surface area (Å²) in [5, 5.41) is 2.79. The van der Waals surface area contributed by atoms with Crippen molar-refractivity contribution in [1.29, 1.82) is 0 Å². The molecule has 1 amide bonds. The summed E-state index contributed by atoms with van der Waals surface area (Å²) in [5.74, 6) is 0.737. The molecule has 0 aliphatic rings. The number of carbonyl (C=O) groups excluding carboxylic acids is 1. The second kappa shape index (κ2) is 6.10. The maximum Gasteiger partial charge on any atom is 0.256 e. The van der Waals surface area contributed by atoms with Crippen molar-refractivity contribution in [3.05, 3.63) is 36.3 Å². The van der Waals surface area contributed by atoms with E-state index in [-0.39, 0.29) is 11.7 Å². The average Bonchev–Trinajstić information content (AvgIpc) is 2.45. The number of aromatic nitrogens is 3. The second-order valence-corrected chi connectivity index (χ2v) is 4.84. The molecular formula is C14H17N5O. The zero-order valence-electron chi connectivity index (χ0n) is 11.5. The summed E-state index contributed by atoms with van der Waals surface area (Å²) in [4.78, 5) is 24.3. The predicted molar refractivity (Wildman–Crippen MR) is 76.8 cm³/mol. The van der Waals surface area contributed by atoms with Crippen LogP contribution in [0.5, 0.6) is 0 Å². The van der Waals surface area contributed by atoms with Crippen LogP contribution in [-0.4, -0.2) is 27.4 Å². The monoisotopic (exact) mass is 271 g/mol. The van der Waals surface area contributed by atoms with Crippen LogP contribution in [-0.2, 0) is 0 Å². The number of nitrogens with zero attached hydrogens (tertiary/aromatic N) is 3. The van der Waals surface area contributed by atoms with Crippen molar-refractivity contribution >= 4 is 11.7 Å². The molecule has 0 fully saturated rings. The van der Waals surface area contributed by atoms with E-state index in [1.807, 2.05) is 19.9 Å². The van der Waals surface area contributed by atoms with Gasteiger partial charge in [0.25, 0.3) is 5.91 Å². The van der Waals surface area contributed by atoms with E-state index < -0.39 is 0 Å². The topological polar surface area (TPSA) is 93.8 Å². The number of anilines is 1. The van der Waals surface area contributed by atoms with E-state index >= 15 is 0 Å². The SMILES string of the molecule is CC(C)CNC(=O)c1cnc(-c2cccnc2)nc1N. The molecule has 0 aliphatic heterocycles. The molecule has 0 unspecified atom stereocenters. The number of hydrogen-bond acceptors (Lipinski definition) is 5. The predicted octanol–water partition coefficient (Wildman–Crippen LogP) is 1.51. The highest BCUT2D eigenvalue weighted by Gasteiger charge is 2.13. The molecule has 2 aromatic heterocycles. The van der Waals surface area contributed by atoms with Crippen LogP contribution in [0.2, 0.25) is 0 Å². The van der Waals surface area contributed by atoms with Gasteiger partial charge in [-0.2, -0.15) is 0 Å². The van der Waals surface area contributed by atoms with Crippen LogP contribution >= 0.6 is 0 Å². The Kier molecular flexibility index (Phi) is 4.24. The van der Waals surface area contributed by atoms with Crippen LogP contribution in [0.1, 0.15) is 24.2 Å². The third kappa shape index (κ3) is 3.28. The molecule has 0 saturated heterocycles. The van der Waals surface area contributed by atoms with Gasteiger partial charge in [0, 0.05) is 30.7 Å². The van der Waals surface area contributed by atoms with E-state index in [1.54, 1.807) is 18.5 Å². The van der Waals surface area contributed by atoms with Crippen molar-refractivity contribution in [2.45, 2.75) is 13.8 Å². The van der Waals surface area contributed by atoms with Gasteiger partial charge >= 0.3 is 0 Å². The molecule has 0 bridgehead atoms. The van der Waals surface area contributed by atoms with Crippen molar-refractivity contribution in [2.75, 3.05) is 12.3 Å². The van der Waals surface area contributed by atoms with E-state index in [0.717, 1.165) is 5.56 Å². The summed E-state index contributed by atoms with van der Waals surface area (Å²) in [7, 11) is 0. The third-order valence-electron chi connectivity index (χ3n) is 2.65. The summed E-state index contributed by atoms with van der Waals surface area (Å²) in [6.45, 7) is 4.62. The Bertz CT molecular complexity index is 598. The molecule has 0 aromatic carbocycles. The van der Waals surface area contributed by atoms with Crippen LogP contribution < -0.4 is 11.1 Å². The van der Waals surface area contributed by atoms with Gasteiger partial charge in [-0.1, -0.05) is 13.8 Å². The van der Waals surface area contributed by atoms with E-state index in [0.29, 0.717) is 23.9 Å². The van der Waals surface area contributed by atoms with Gasteiger partial charge in [0.15, 0.2) is 5.82 Å². The molecule has 6 heteroatoms. The van der Waals surface area contributed by atoms with Gasteiger partial charge in [0.1, 0.15) is 5.82 Å². The zero-order chi connectivity index (χ0) is 14.5. The Balaban J connectivity index is 2.20. The molecule has 2 rings (SSSR count).